The number of aliphatic carboxylic acids is 1. The van der Waals surface area contributed by atoms with Crippen molar-refractivity contribution in [3.05, 3.63) is 12.2 Å². The summed E-state index contributed by atoms with van der Waals surface area (Å²) in [7, 11) is 0. The van der Waals surface area contributed by atoms with Crippen molar-refractivity contribution in [3.63, 3.8) is 0 Å². The standard InChI is InChI=1S/C12H23N3O3.Na/c1-2-3-6-13-7-8-14-9-10-15-11(16)4-5-12(17)18;/h4-5,13-14H,2-3,6-10H2,1H3,(H,15,16)(H,17,18);/q;+1/p-1/b5-4+;. The Hall–Kier alpha value is -0.400. The molecule has 19 heavy (non-hydrogen) atoms. The van der Waals surface area contributed by atoms with E-state index >= 15 is 0 Å². The van der Waals surface area contributed by atoms with E-state index in [9.17, 15) is 9.90 Å². The Kier molecular flexibility index (Phi) is 17.2. The molecule has 7 heteroatoms. The first-order valence-corrected chi connectivity index (χ1v) is 6.20. The van der Waals surface area contributed by atoms with Crippen LogP contribution in [0.2, 0.25) is 0 Å². The molecule has 0 aromatic rings. The van der Waals surface area contributed by atoms with Gasteiger partial charge in [0, 0.05) is 25.7 Å². The van der Waals surface area contributed by atoms with Gasteiger partial charge < -0.3 is 20.8 Å². The molecule has 0 aromatic heterocycles. The van der Waals surface area contributed by atoms with E-state index in [0.717, 1.165) is 31.8 Å². The van der Waals surface area contributed by atoms with Gasteiger partial charge in [0.1, 0.15) is 0 Å². The van der Waals surface area contributed by atoms with Crippen LogP contribution in [0.1, 0.15) is 19.8 Å². The van der Waals surface area contributed by atoms with Crippen LogP contribution in [0.15, 0.2) is 17.1 Å². The fourth-order valence-corrected chi connectivity index (χ4v) is 1.17. The van der Waals surface area contributed by atoms with Gasteiger partial charge in [0.15, 0.2) is 0 Å². The SMILES string of the molecule is CCCCNCCNCCN=C([O-])/C=C/C(=O)O.[Na+]. The first-order valence-electron chi connectivity index (χ1n) is 6.20. The second kappa shape index (κ2) is 15.7. The Labute approximate surface area is 136 Å². The summed E-state index contributed by atoms with van der Waals surface area (Å²) in [6.45, 7) is 5.88. The number of rotatable bonds is 11. The number of hydrogen-bond donors (Lipinski definition) is 3. The van der Waals surface area contributed by atoms with Crippen molar-refractivity contribution >= 4 is 11.9 Å². The van der Waals surface area contributed by atoms with Crippen molar-refractivity contribution in [3.8, 4) is 0 Å². The first-order chi connectivity index (χ1) is 8.66. The van der Waals surface area contributed by atoms with Gasteiger partial charge in [0.2, 0.25) is 0 Å². The van der Waals surface area contributed by atoms with E-state index in [4.69, 9.17) is 5.11 Å². The van der Waals surface area contributed by atoms with Crippen molar-refractivity contribution < 1.29 is 44.6 Å². The van der Waals surface area contributed by atoms with E-state index in [-0.39, 0.29) is 29.6 Å². The Morgan fingerprint density at radius 3 is 2.42 bits per heavy atom. The van der Waals surface area contributed by atoms with Gasteiger partial charge in [-0.2, -0.15) is 0 Å². The Balaban J connectivity index is 0. The minimum atomic E-state index is -1.14. The van der Waals surface area contributed by atoms with Gasteiger partial charge >= 0.3 is 35.5 Å². The number of carboxylic acids is 1. The van der Waals surface area contributed by atoms with Crippen LogP contribution >= 0.6 is 0 Å². The van der Waals surface area contributed by atoms with Crippen molar-refractivity contribution in [2.24, 2.45) is 4.99 Å². The smallest absolute Gasteiger partial charge is 0.859 e. The molecule has 0 fully saturated rings. The summed E-state index contributed by atoms with van der Waals surface area (Å²) in [5.41, 5.74) is 0. The van der Waals surface area contributed by atoms with Crippen LogP contribution in [0.3, 0.4) is 0 Å². The molecule has 3 N–H and O–H groups in total. The number of carbonyl (C=O) groups is 1. The van der Waals surface area contributed by atoms with E-state index < -0.39 is 11.9 Å². The normalized spacial score (nSPS) is 11.5. The zero-order valence-electron chi connectivity index (χ0n) is 11.8. The van der Waals surface area contributed by atoms with Crippen LogP contribution in [0.5, 0.6) is 0 Å². The minimum absolute atomic E-state index is 0. The molecule has 0 bridgehead atoms. The second-order valence-corrected chi connectivity index (χ2v) is 3.75. The Morgan fingerprint density at radius 1 is 1.21 bits per heavy atom. The van der Waals surface area contributed by atoms with Crippen LogP contribution in [0, 0.1) is 0 Å². The second-order valence-electron chi connectivity index (χ2n) is 3.75. The van der Waals surface area contributed by atoms with E-state index in [1.54, 1.807) is 0 Å². The molecule has 0 aliphatic heterocycles. The van der Waals surface area contributed by atoms with Crippen molar-refractivity contribution in [1.29, 1.82) is 0 Å². The maximum absolute atomic E-state index is 11.0. The average molecular weight is 279 g/mol. The molecule has 0 aliphatic rings. The van der Waals surface area contributed by atoms with Gasteiger partial charge in [0.05, 0.1) is 6.54 Å². The van der Waals surface area contributed by atoms with Crippen molar-refractivity contribution in [1.82, 2.24) is 10.6 Å². The number of nitrogens with zero attached hydrogens (tertiary/aromatic N) is 1. The molecule has 0 aliphatic carbocycles. The molecule has 0 radical (unpaired) electrons. The third-order valence-electron chi connectivity index (χ3n) is 2.11. The van der Waals surface area contributed by atoms with E-state index in [1.165, 1.54) is 12.8 Å². The van der Waals surface area contributed by atoms with E-state index in [1.807, 2.05) is 0 Å². The molecular formula is C12H22N3NaO3. The molecule has 0 spiro atoms. The quantitative estimate of drug-likeness (QED) is 0.119. The molecule has 6 nitrogen and oxygen atoms in total. The van der Waals surface area contributed by atoms with Crippen molar-refractivity contribution in [2.45, 2.75) is 19.8 Å². The molecule has 104 valence electrons. The zero-order valence-corrected chi connectivity index (χ0v) is 13.8. The van der Waals surface area contributed by atoms with Crippen LogP contribution in [-0.2, 0) is 4.79 Å². The number of unbranched alkanes of at least 4 members (excludes halogenated alkanes) is 1. The fourth-order valence-electron chi connectivity index (χ4n) is 1.17. The van der Waals surface area contributed by atoms with Crippen LogP contribution in [0.25, 0.3) is 0 Å². The van der Waals surface area contributed by atoms with E-state index in [0.29, 0.717) is 13.1 Å². The summed E-state index contributed by atoms with van der Waals surface area (Å²) >= 11 is 0. The summed E-state index contributed by atoms with van der Waals surface area (Å²) < 4.78 is 0. The average Bonchev–Trinajstić information content (AvgIpc) is 2.34. The topological polar surface area (TPSA) is 96.8 Å². The molecule has 0 saturated heterocycles. The molecule has 0 rings (SSSR count). The van der Waals surface area contributed by atoms with Crippen LogP contribution in [0.4, 0.5) is 0 Å². The maximum atomic E-state index is 11.0. The Morgan fingerprint density at radius 2 is 1.84 bits per heavy atom. The number of aliphatic imine (C=N–C) groups is 1. The summed E-state index contributed by atoms with van der Waals surface area (Å²) in [5.74, 6) is -1.66. The molecule has 0 unspecified atom stereocenters. The zero-order chi connectivity index (χ0) is 13.6. The van der Waals surface area contributed by atoms with Gasteiger partial charge in [0.25, 0.3) is 0 Å². The van der Waals surface area contributed by atoms with E-state index in [2.05, 4.69) is 22.5 Å². The molecule has 0 heterocycles. The fraction of sp³-hybridized carbons (Fsp3) is 0.667. The number of hydrogen-bond acceptors (Lipinski definition) is 5. The molecule has 0 atom stereocenters. The van der Waals surface area contributed by atoms with Gasteiger partial charge in [-0.1, -0.05) is 13.3 Å². The number of carboxylic acid groups (broad SMARTS) is 1. The third kappa shape index (κ3) is 17.6. The minimum Gasteiger partial charge on any atom is -0.859 e. The Bertz CT molecular complexity index is 283. The summed E-state index contributed by atoms with van der Waals surface area (Å²) in [4.78, 5) is 13.8. The molecule has 0 saturated carbocycles. The summed E-state index contributed by atoms with van der Waals surface area (Å²) in [5, 5.41) is 25.7. The van der Waals surface area contributed by atoms with Gasteiger partial charge in [-0.25, -0.2) is 4.79 Å². The third-order valence-corrected chi connectivity index (χ3v) is 2.11. The van der Waals surface area contributed by atoms with Crippen LogP contribution < -0.4 is 45.3 Å². The predicted octanol–water partition coefficient (Wildman–Crippen LogP) is -3.63. The molecular weight excluding hydrogens is 257 g/mol. The summed E-state index contributed by atoms with van der Waals surface area (Å²) in [6.07, 6.45) is 4.11. The maximum Gasteiger partial charge on any atom is 1.00 e. The monoisotopic (exact) mass is 279 g/mol. The largest absolute Gasteiger partial charge is 1.00 e. The first kappa shape index (κ1) is 20.9. The summed E-state index contributed by atoms with van der Waals surface area (Å²) in [6, 6.07) is 0. The van der Waals surface area contributed by atoms with Gasteiger partial charge in [-0.15, -0.1) is 0 Å². The predicted molar refractivity (Wildman–Crippen MR) is 69.7 cm³/mol. The molecule has 0 amide bonds. The van der Waals surface area contributed by atoms with Crippen molar-refractivity contribution in [2.75, 3.05) is 32.7 Å². The molecule has 0 aromatic carbocycles. The number of nitrogens with one attached hydrogen (secondary N) is 2. The van der Waals surface area contributed by atoms with Crippen LogP contribution in [-0.4, -0.2) is 49.7 Å². The van der Waals surface area contributed by atoms with Gasteiger partial charge in [-0.05, 0) is 24.9 Å². The van der Waals surface area contributed by atoms with Gasteiger partial charge in [-0.3, -0.25) is 4.99 Å².